The van der Waals surface area contributed by atoms with Gasteiger partial charge in [0.2, 0.25) is 0 Å². The van der Waals surface area contributed by atoms with Gasteiger partial charge in [-0.1, -0.05) is 6.07 Å². The third-order valence-corrected chi connectivity index (χ3v) is 3.30. The number of aromatic nitrogens is 2. The molecule has 6 heteroatoms. The zero-order chi connectivity index (χ0) is 17.0. The van der Waals surface area contributed by atoms with Crippen LogP contribution < -0.4 is 10.1 Å². The maximum absolute atomic E-state index is 13.9. The monoisotopic (exact) mass is 317 g/mol. The van der Waals surface area contributed by atoms with Gasteiger partial charge < -0.3 is 10.1 Å². The van der Waals surface area contributed by atoms with Crippen molar-refractivity contribution in [2.75, 3.05) is 6.61 Å². The standard InChI is InChI=1S/C17H20FN3O2/c1-5-23-16-7-6-13(9-14(16)18)11(3)20-17(22)15-8-10(2)19-12(4)21-15/h6-9,11H,5H2,1-4H3,(H,20,22). The van der Waals surface area contributed by atoms with E-state index < -0.39 is 5.82 Å². The van der Waals surface area contributed by atoms with E-state index in [9.17, 15) is 9.18 Å². The molecule has 0 aliphatic carbocycles. The van der Waals surface area contributed by atoms with Gasteiger partial charge in [0.1, 0.15) is 11.5 Å². The van der Waals surface area contributed by atoms with Gasteiger partial charge >= 0.3 is 0 Å². The van der Waals surface area contributed by atoms with Crippen LogP contribution in [0, 0.1) is 19.7 Å². The van der Waals surface area contributed by atoms with Crippen LogP contribution in [0.15, 0.2) is 24.3 Å². The number of nitrogens with one attached hydrogen (secondary N) is 1. The highest BCUT2D eigenvalue weighted by Crippen LogP contribution is 2.22. The largest absolute Gasteiger partial charge is 0.491 e. The number of hydrogen-bond donors (Lipinski definition) is 1. The van der Waals surface area contributed by atoms with Crippen molar-refractivity contribution in [3.05, 3.63) is 52.9 Å². The highest BCUT2D eigenvalue weighted by atomic mass is 19.1. The highest BCUT2D eigenvalue weighted by molar-refractivity contribution is 5.92. The van der Waals surface area contributed by atoms with Gasteiger partial charge in [0, 0.05) is 5.69 Å². The average Bonchev–Trinajstić information content (AvgIpc) is 2.48. The van der Waals surface area contributed by atoms with E-state index in [2.05, 4.69) is 15.3 Å². The molecule has 0 saturated carbocycles. The number of nitrogens with zero attached hydrogens (tertiary/aromatic N) is 2. The molecule has 1 unspecified atom stereocenters. The maximum Gasteiger partial charge on any atom is 0.270 e. The summed E-state index contributed by atoms with van der Waals surface area (Å²) < 4.78 is 19.1. The molecule has 1 amide bonds. The third kappa shape index (κ3) is 4.25. The number of ether oxygens (including phenoxy) is 1. The molecule has 0 radical (unpaired) electrons. The third-order valence-electron chi connectivity index (χ3n) is 3.30. The summed E-state index contributed by atoms with van der Waals surface area (Å²) in [6.45, 7) is 7.51. The number of rotatable bonds is 5. The van der Waals surface area contributed by atoms with Crippen LogP contribution in [-0.4, -0.2) is 22.5 Å². The van der Waals surface area contributed by atoms with Crippen molar-refractivity contribution in [3.8, 4) is 5.75 Å². The minimum atomic E-state index is -0.445. The van der Waals surface area contributed by atoms with Gasteiger partial charge in [-0.3, -0.25) is 4.79 Å². The fourth-order valence-electron chi connectivity index (χ4n) is 2.25. The van der Waals surface area contributed by atoms with Gasteiger partial charge in [0.15, 0.2) is 11.6 Å². The summed E-state index contributed by atoms with van der Waals surface area (Å²) >= 11 is 0. The molecule has 0 saturated heterocycles. The van der Waals surface area contributed by atoms with Crippen LogP contribution in [0.3, 0.4) is 0 Å². The van der Waals surface area contributed by atoms with E-state index in [-0.39, 0.29) is 17.7 Å². The van der Waals surface area contributed by atoms with E-state index in [0.29, 0.717) is 23.7 Å². The molecule has 122 valence electrons. The lowest BCUT2D eigenvalue weighted by atomic mass is 10.1. The molecular weight excluding hydrogens is 297 g/mol. The van der Waals surface area contributed by atoms with Crippen LogP contribution in [0.4, 0.5) is 4.39 Å². The Morgan fingerprint density at radius 3 is 2.65 bits per heavy atom. The first-order valence-electron chi connectivity index (χ1n) is 7.46. The van der Waals surface area contributed by atoms with Crippen molar-refractivity contribution in [1.82, 2.24) is 15.3 Å². The molecule has 1 aromatic carbocycles. The topological polar surface area (TPSA) is 64.1 Å². The summed E-state index contributed by atoms with van der Waals surface area (Å²) in [5.74, 6) is -0.0219. The van der Waals surface area contributed by atoms with Crippen LogP contribution in [0.2, 0.25) is 0 Å². The lowest BCUT2D eigenvalue weighted by molar-refractivity contribution is 0.0934. The summed E-state index contributed by atoms with van der Waals surface area (Å²) in [4.78, 5) is 20.5. The van der Waals surface area contributed by atoms with Gasteiger partial charge in [0.25, 0.3) is 5.91 Å². The quantitative estimate of drug-likeness (QED) is 0.920. The van der Waals surface area contributed by atoms with Crippen molar-refractivity contribution >= 4 is 5.91 Å². The van der Waals surface area contributed by atoms with Crippen molar-refractivity contribution in [2.24, 2.45) is 0 Å². The Bertz CT molecular complexity index is 699. The van der Waals surface area contributed by atoms with E-state index in [0.717, 1.165) is 5.69 Å². The Morgan fingerprint density at radius 2 is 2.04 bits per heavy atom. The number of hydrogen-bond acceptors (Lipinski definition) is 4. The van der Waals surface area contributed by atoms with Crippen molar-refractivity contribution in [3.63, 3.8) is 0 Å². The summed E-state index contributed by atoms with van der Waals surface area (Å²) in [5, 5.41) is 2.81. The maximum atomic E-state index is 13.9. The molecule has 0 bridgehead atoms. The van der Waals surface area contributed by atoms with Gasteiger partial charge in [0.05, 0.1) is 12.6 Å². The summed E-state index contributed by atoms with van der Waals surface area (Å²) in [7, 11) is 0. The molecule has 0 spiro atoms. The lowest BCUT2D eigenvalue weighted by Crippen LogP contribution is -2.28. The number of benzene rings is 1. The summed E-state index contributed by atoms with van der Waals surface area (Å²) in [6, 6.07) is 5.93. The minimum absolute atomic E-state index is 0.205. The average molecular weight is 317 g/mol. The molecule has 1 aromatic heterocycles. The summed E-state index contributed by atoms with van der Waals surface area (Å²) in [5.41, 5.74) is 1.68. The first-order chi connectivity index (χ1) is 10.9. The Morgan fingerprint density at radius 1 is 1.30 bits per heavy atom. The molecule has 1 heterocycles. The van der Waals surface area contributed by atoms with Gasteiger partial charge in [-0.25, -0.2) is 14.4 Å². The first-order valence-corrected chi connectivity index (χ1v) is 7.46. The second-order valence-corrected chi connectivity index (χ2v) is 5.26. The van der Waals surface area contributed by atoms with Gasteiger partial charge in [-0.15, -0.1) is 0 Å². The first kappa shape index (κ1) is 16.9. The molecule has 5 nitrogen and oxygen atoms in total. The molecule has 0 aliphatic heterocycles. The van der Waals surface area contributed by atoms with Crippen LogP contribution in [-0.2, 0) is 0 Å². The molecule has 2 rings (SSSR count). The van der Waals surface area contributed by atoms with E-state index in [1.54, 1.807) is 45.9 Å². The molecule has 23 heavy (non-hydrogen) atoms. The van der Waals surface area contributed by atoms with Crippen LogP contribution in [0.25, 0.3) is 0 Å². The zero-order valence-electron chi connectivity index (χ0n) is 13.7. The highest BCUT2D eigenvalue weighted by Gasteiger charge is 2.15. The SMILES string of the molecule is CCOc1ccc(C(C)NC(=O)c2cc(C)nc(C)n2)cc1F. The molecule has 2 aromatic rings. The van der Waals surface area contributed by atoms with Gasteiger partial charge in [-0.05, 0) is 51.5 Å². The Balaban J connectivity index is 2.13. The normalized spacial score (nSPS) is 11.9. The van der Waals surface area contributed by atoms with E-state index in [1.165, 1.54) is 6.07 Å². The van der Waals surface area contributed by atoms with E-state index >= 15 is 0 Å². The zero-order valence-corrected chi connectivity index (χ0v) is 13.7. The molecule has 0 aliphatic rings. The molecule has 1 atom stereocenters. The predicted octanol–water partition coefficient (Wildman–Crippen LogP) is 3.12. The van der Waals surface area contributed by atoms with E-state index in [4.69, 9.17) is 4.74 Å². The number of aryl methyl sites for hydroxylation is 2. The Labute approximate surface area is 134 Å². The van der Waals surface area contributed by atoms with Crippen molar-refractivity contribution in [2.45, 2.75) is 33.7 Å². The lowest BCUT2D eigenvalue weighted by Gasteiger charge is -2.15. The molecular formula is C17H20FN3O2. The number of amides is 1. The minimum Gasteiger partial charge on any atom is -0.491 e. The van der Waals surface area contributed by atoms with Gasteiger partial charge in [-0.2, -0.15) is 0 Å². The van der Waals surface area contributed by atoms with Crippen molar-refractivity contribution in [1.29, 1.82) is 0 Å². The Kier molecular flexibility index (Phi) is 5.26. The van der Waals surface area contributed by atoms with Crippen LogP contribution >= 0.6 is 0 Å². The number of carbonyl (C=O) groups is 1. The second-order valence-electron chi connectivity index (χ2n) is 5.26. The fourth-order valence-corrected chi connectivity index (χ4v) is 2.25. The number of carbonyl (C=O) groups excluding carboxylic acids is 1. The number of halogens is 1. The fraction of sp³-hybridized carbons (Fsp3) is 0.353. The predicted molar refractivity (Wildman–Crippen MR) is 85.0 cm³/mol. The molecule has 0 fully saturated rings. The van der Waals surface area contributed by atoms with Crippen molar-refractivity contribution < 1.29 is 13.9 Å². The molecule has 1 N–H and O–H groups in total. The smallest absolute Gasteiger partial charge is 0.270 e. The van der Waals surface area contributed by atoms with Crippen LogP contribution in [0.5, 0.6) is 5.75 Å². The summed E-state index contributed by atoms with van der Waals surface area (Å²) in [6.07, 6.45) is 0. The second kappa shape index (κ2) is 7.17. The van der Waals surface area contributed by atoms with E-state index in [1.807, 2.05) is 0 Å². The Hall–Kier alpha value is -2.50. The van der Waals surface area contributed by atoms with Crippen LogP contribution in [0.1, 0.15) is 47.5 Å².